The number of hydrogen-bond donors (Lipinski definition) is 1. The summed E-state index contributed by atoms with van der Waals surface area (Å²) in [7, 11) is -2.71. The van der Waals surface area contributed by atoms with E-state index in [9.17, 15) is 18.0 Å². The van der Waals surface area contributed by atoms with Crippen LogP contribution >= 0.6 is 0 Å². The summed E-state index contributed by atoms with van der Waals surface area (Å²) in [5.41, 5.74) is 1.05. The molecule has 0 unspecified atom stereocenters. The normalized spacial score (nSPS) is 15.1. The van der Waals surface area contributed by atoms with Crippen LogP contribution in [0, 0.1) is 5.92 Å². The number of nitrogens with one attached hydrogen (secondary N) is 1. The van der Waals surface area contributed by atoms with Crippen LogP contribution in [0.15, 0.2) is 65.8 Å². The molecule has 1 saturated heterocycles. The van der Waals surface area contributed by atoms with Crippen molar-refractivity contribution in [3.63, 3.8) is 0 Å². The Morgan fingerprint density at radius 3 is 2.44 bits per heavy atom. The number of benzene rings is 2. The van der Waals surface area contributed by atoms with Gasteiger partial charge in [0.05, 0.1) is 24.1 Å². The molecule has 3 aromatic rings. The van der Waals surface area contributed by atoms with Crippen LogP contribution in [0.3, 0.4) is 0 Å². The third kappa shape index (κ3) is 5.15. The fraction of sp³-hybridized carbons (Fsp3) is 0.304. The summed E-state index contributed by atoms with van der Waals surface area (Å²) < 4.78 is 33.9. The SMILES string of the molecule is COC(=O)c1ccccc1S(=O)(=O)N1CCC(C(=O)Nc2ncn(Cc3ccccc3)n2)CC1. The standard InChI is InChI=1S/C23H25N5O5S/c1-33-22(30)19-9-5-6-10-20(19)34(31,32)28-13-11-18(12-14-28)21(29)25-23-24-16-27(26-23)15-17-7-3-2-4-8-17/h2-10,16,18H,11-15H2,1H3,(H,25,26,29). The third-order valence-electron chi connectivity index (χ3n) is 5.69. The number of aromatic nitrogens is 3. The Bertz CT molecular complexity index is 1270. The summed E-state index contributed by atoms with van der Waals surface area (Å²) >= 11 is 0. The molecular weight excluding hydrogens is 458 g/mol. The van der Waals surface area contributed by atoms with Gasteiger partial charge >= 0.3 is 5.97 Å². The number of rotatable bonds is 7. The zero-order valence-electron chi connectivity index (χ0n) is 18.6. The quantitative estimate of drug-likeness (QED) is 0.511. The lowest BCUT2D eigenvalue weighted by Crippen LogP contribution is -2.41. The average Bonchev–Trinajstić information content (AvgIpc) is 3.30. The summed E-state index contributed by atoms with van der Waals surface area (Å²) in [4.78, 5) is 28.8. The van der Waals surface area contributed by atoms with Crippen LogP contribution in [0.5, 0.6) is 0 Å². The van der Waals surface area contributed by atoms with E-state index in [1.165, 1.54) is 23.5 Å². The first-order valence-corrected chi connectivity index (χ1v) is 12.2. The van der Waals surface area contributed by atoms with Crippen molar-refractivity contribution >= 4 is 27.8 Å². The first-order valence-electron chi connectivity index (χ1n) is 10.8. The van der Waals surface area contributed by atoms with Crippen LogP contribution in [-0.4, -0.2) is 59.6 Å². The molecule has 0 spiro atoms. The Morgan fingerprint density at radius 1 is 1.06 bits per heavy atom. The monoisotopic (exact) mass is 483 g/mol. The van der Waals surface area contributed by atoms with Gasteiger partial charge in [0.25, 0.3) is 0 Å². The maximum atomic E-state index is 13.1. The molecule has 1 aliphatic heterocycles. The molecule has 0 saturated carbocycles. The minimum absolute atomic E-state index is 0.0120. The van der Waals surface area contributed by atoms with Crippen molar-refractivity contribution in [3.8, 4) is 0 Å². The number of esters is 1. The molecule has 0 radical (unpaired) electrons. The molecule has 1 fully saturated rings. The highest BCUT2D eigenvalue weighted by molar-refractivity contribution is 7.89. The number of anilines is 1. The molecule has 0 bridgehead atoms. The molecule has 2 heterocycles. The Balaban J connectivity index is 1.36. The summed E-state index contributed by atoms with van der Waals surface area (Å²) in [6.45, 7) is 0.852. The first-order chi connectivity index (χ1) is 16.4. The summed E-state index contributed by atoms with van der Waals surface area (Å²) in [5.74, 6) is -1.12. The molecule has 11 heteroatoms. The number of amides is 1. The van der Waals surface area contributed by atoms with Crippen molar-refractivity contribution in [1.29, 1.82) is 0 Å². The summed E-state index contributed by atoms with van der Waals surface area (Å²) in [6, 6.07) is 15.7. The highest BCUT2D eigenvalue weighted by Crippen LogP contribution is 2.26. The van der Waals surface area contributed by atoms with Gasteiger partial charge in [-0.2, -0.15) is 4.31 Å². The molecule has 1 N–H and O–H groups in total. The fourth-order valence-corrected chi connectivity index (χ4v) is 5.53. The lowest BCUT2D eigenvalue weighted by atomic mass is 9.97. The zero-order valence-corrected chi connectivity index (χ0v) is 19.4. The van der Waals surface area contributed by atoms with Gasteiger partial charge < -0.3 is 4.74 Å². The molecule has 1 aromatic heterocycles. The van der Waals surface area contributed by atoms with Crippen LogP contribution in [0.1, 0.15) is 28.8 Å². The second-order valence-electron chi connectivity index (χ2n) is 7.91. The lowest BCUT2D eigenvalue weighted by molar-refractivity contribution is -0.121. The average molecular weight is 484 g/mol. The van der Waals surface area contributed by atoms with Crippen LogP contribution in [0.2, 0.25) is 0 Å². The minimum atomic E-state index is -3.91. The van der Waals surface area contributed by atoms with E-state index in [0.29, 0.717) is 19.4 Å². The van der Waals surface area contributed by atoms with Gasteiger partial charge in [-0.25, -0.2) is 22.9 Å². The molecule has 178 valence electrons. The van der Waals surface area contributed by atoms with Crippen molar-refractivity contribution in [2.75, 3.05) is 25.5 Å². The van der Waals surface area contributed by atoms with E-state index in [0.717, 1.165) is 5.56 Å². The lowest BCUT2D eigenvalue weighted by Gasteiger charge is -2.30. The Hall–Kier alpha value is -3.57. The number of methoxy groups -OCH3 is 1. The highest BCUT2D eigenvalue weighted by atomic mass is 32.2. The molecule has 4 rings (SSSR count). The van der Waals surface area contributed by atoms with Gasteiger partial charge in [0, 0.05) is 19.0 Å². The zero-order chi connectivity index (χ0) is 24.1. The third-order valence-corrected chi connectivity index (χ3v) is 7.65. The summed E-state index contributed by atoms with van der Waals surface area (Å²) in [5, 5.41) is 7.02. The highest BCUT2D eigenvalue weighted by Gasteiger charge is 2.34. The van der Waals surface area contributed by atoms with Gasteiger partial charge in [0.15, 0.2) is 0 Å². The molecule has 0 atom stereocenters. The van der Waals surface area contributed by atoms with Crippen LogP contribution in [-0.2, 0) is 26.1 Å². The molecule has 2 aromatic carbocycles. The van der Waals surface area contributed by atoms with Crippen molar-refractivity contribution in [2.45, 2.75) is 24.3 Å². The van der Waals surface area contributed by atoms with Gasteiger partial charge in [-0.1, -0.05) is 42.5 Å². The molecule has 1 amide bonds. The van der Waals surface area contributed by atoms with E-state index >= 15 is 0 Å². The number of carbonyl (C=O) groups is 2. The predicted molar refractivity (Wildman–Crippen MR) is 123 cm³/mol. The van der Waals surface area contributed by atoms with Gasteiger partial charge in [-0.05, 0) is 30.5 Å². The minimum Gasteiger partial charge on any atom is -0.465 e. The largest absolute Gasteiger partial charge is 0.465 e. The molecule has 10 nitrogen and oxygen atoms in total. The Morgan fingerprint density at radius 2 is 1.74 bits per heavy atom. The van der Waals surface area contributed by atoms with E-state index in [1.807, 2.05) is 30.3 Å². The van der Waals surface area contributed by atoms with E-state index in [4.69, 9.17) is 4.74 Å². The van der Waals surface area contributed by atoms with E-state index < -0.39 is 16.0 Å². The molecule has 34 heavy (non-hydrogen) atoms. The smallest absolute Gasteiger partial charge is 0.339 e. The van der Waals surface area contributed by atoms with E-state index in [-0.39, 0.29) is 41.3 Å². The van der Waals surface area contributed by atoms with Crippen molar-refractivity contribution in [3.05, 3.63) is 72.1 Å². The van der Waals surface area contributed by atoms with Crippen LogP contribution in [0.4, 0.5) is 5.95 Å². The van der Waals surface area contributed by atoms with Crippen molar-refractivity contribution in [2.24, 2.45) is 5.92 Å². The number of sulfonamides is 1. The Labute approximate surface area is 197 Å². The number of piperidine rings is 1. The van der Waals surface area contributed by atoms with Gasteiger partial charge in [-0.15, -0.1) is 5.10 Å². The van der Waals surface area contributed by atoms with E-state index in [1.54, 1.807) is 23.1 Å². The maximum Gasteiger partial charge on any atom is 0.339 e. The molecule has 1 aliphatic rings. The van der Waals surface area contributed by atoms with Crippen molar-refractivity contribution < 1.29 is 22.7 Å². The topological polar surface area (TPSA) is 123 Å². The van der Waals surface area contributed by atoms with Crippen molar-refractivity contribution in [1.82, 2.24) is 19.1 Å². The maximum absolute atomic E-state index is 13.1. The second kappa shape index (κ2) is 10.1. The van der Waals surface area contributed by atoms with Gasteiger partial charge in [0.1, 0.15) is 6.33 Å². The summed E-state index contributed by atoms with van der Waals surface area (Å²) in [6.07, 6.45) is 2.24. The second-order valence-corrected chi connectivity index (χ2v) is 9.81. The number of nitrogens with zero attached hydrogens (tertiary/aromatic N) is 4. The first kappa shape index (κ1) is 23.6. The number of hydrogen-bond acceptors (Lipinski definition) is 7. The molecule has 0 aliphatic carbocycles. The van der Waals surface area contributed by atoms with E-state index in [2.05, 4.69) is 15.4 Å². The van der Waals surface area contributed by atoms with Crippen LogP contribution < -0.4 is 5.32 Å². The van der Waals surface area contributed by atoms with Gasteiger partial charge in [0.2, 0.25) is 21.9 Å². The van der Waals surface area contributed by atoms with Gasteiger partial charge in [-0.3, -0.25) is 10.1 Å². The number of ether oxygens (including phenoxy) is 1. The predicted octanol–water partition coefficient (Wildman–Crippen LogP) is 2.15. The fourth-order valence-electron chi connectivity index (χ4n) is 3.88. The Kier molecular flexibility index (Phi) is 7.03. The molecular formula is C23H25N5O5S. The number of carbonyl (C=O) groups excluding carboxylic acids is 2. The van der Waals surface area contributed by atoms with Crippen LogP contribution in [0.25, 0.3) is 0 Å².